The van der Waals surface area contributed by atoms with E-state index in [0.29, 0.717) is 17.6 Å². The Labute approximate surface area is 190 Å². The highest BCUT2D eigenvalue weighted by molar-refractivity contribution is 5.92. The zero-order chi connectivity index (χ0) is 25.1. The zero-order valence-corrected chi connectivity index (χ0v) is 19.9. The first-order chi connectivity index (χ1) is 14.8. The fourth-order valence-electron chi connectivity index (χ4n) is 2.74. The number of hydrogen-bond acceptors (Lipinski definition) is 8. The van der Waals surface area contributed by atoms with Crippen molar-refractivity contribution < 1.29 is 28.7 Å². The number of likely N-dealkylation sites (N-methyl/N-ethyl adjacent to an activating group) is 2. The van der Waals surface area contributed by atoms with Gasteiger partial charge in [0.2, 0.25) is 11.8 Å². The van der Waals surface area contributed by atoms with Crippen LogP contribution in [0.1, 0.15) is 40.0 Å². The second-order valence-corrected chi connectivity index (χ2v) is 7.95. The highest BCUT2D eigenvalue weighted by Gasteiger charge is 2.45. The molecule has 1 atom stereocenters. The molecule has 2 amide bonds. The molecule has 182 valence electrons. The molecule has 0 aromatic heterocycles. The number of rotatable bonds is 14. The summed E-state index contributed by atoms with van der Waals surface area (Å²) >= 11 is 0. The van der Waals surface area contributed by atoms with Crippen molar-refractivity contribution in [3.8, 4) is 0 Å². The number of carbonyl (C=O) groups is 4. The maximum Gasteiger partial charge on any atom is 0.341 e. The lowest BCUT2D eigenvalue weighted by molar-refractivity contribution is -0.163. The van der Waals surface area contributed by atoms with E-state index in [-0.39, 0.29) is 44.5 Å². The van der Waals surface area contributed by atoms with E-state index in [1.54, 1.807) is 27.9 Å². The van der Waals surface area contributed by atoms with E-state index in [0.717, 1.165) is 6.42 Å². The van der Waals surface area contributed by atoms with Crippen LogP contribution in [0.25, 0.3) is 0 Å². The van der Waals surface area contributed by atoms with Crippen LogP contribution in [0.2, 0.25) is 0 Å². The van der Waals surface area contributed by atoms with Crippen molar-refractivity contribution >= 4 is 23.8 Å². The minimum absolute atomic E-state index is 0.0874. The fourth-order valence-corrected chi connectivity index (χ4v) is 2.74. The lowest BCUT2D eigenvalue weighted by Gasteiger charge is -2.30. The summed E-state index contributed by atoms with van der Waals surface area (Å²) in [7, 11) is 3.10. The molecule has 10 nitrogen and oxygen atoms in total. The van der Waals surface area contributed by atoms with Crippen molar-refractivity contribution in [3.63, 3.8) is 0 Å². The maximum absolute atomic E-state index is 12.7. The largest absolute Gasteiger partial charge is 0.463 e. The van der Waals surface area contributed by atoms with Gasteiger partial charge in [-0.25, -0.2) is 4.79 Å². The topological polar surface area (TPSA) is 145 Å². The molecule has 0 aromatic carbocycles. The summed E-state index contributed by atoms with van der Waals surface area (Å²) in [5.74, 6) is -3.40. The number of nitrogens with two attached hydrogens (primary N) is 2. The number of unbranched alkanes of at least 4 members (excludes halogenated alkanes) is 1. The molecule has 4 N–H and O–H groups in total. The molecule has 10 heteroatoms. The molecule has 0 aliphatic carbocycles. The number of carbonyl (C=O) groups excluding carboxylic acids is 4. The lowest BCUT2D eigenvalue weighted by Crippen LogP contribution is -2.64. The second-order valence-electron chi connectivity index (χ2n) is 7.95. The molecule has 0 radical (unpaired) electrons. The number of esters is 2. The minimum atomic E-state index is -2.11. The number of ether oxygens (including phenoxy) is 2. The van der Waals surface area contributed by atoms with Gasteiger partial charge in [-0.1, -0.05) is 32.9 Å². The van der Waals surface area contributed by atoms with Crippen molar-refractivity contribution in [1.82, 2.24) is 9.80 Å². The predicted molar refractivity (Wildman–Crippen MR) is 121 cm³/mol. The van der Waals surface area contributed by atoms with Crippen LogP contribution in [-0.2, 0) is 28.7 Å². The van der Waals surface area contributed by atoms with Crippen molar-refractivity contribution in [3.05, 3.63) is 24.3 Å². The van der Waals surface area contributed by atoms with Crippen LogP contribution in [0.4, 0.5) is 0 Å². The third kappa shape index (κ3) is 9.19. The van der Waals surface area contributed by atoms with Crippen LogP contribution in [0.3, 0.4) is 0 Å². The summed E-state index contributed by atoms with van der Waals surface area (Å²) < 4.78 is 10.4. The molecule has 0 saturated carbocycles. The molecule has 0 heterocycles. The third-order valence-electron chi connectivity index (χ3n) is 4.82. The van der Waals surface area contributed by atoms with Gasteiger partial charge in [0, 0.05) is 25.2 Å². The van der Waals surface area contributed by atoms with Gasteiger partial charge < -0.3 is 30.7 Å². The first-order valence-electron chi connectivity index (χ1n) is 10.5. The van der Waals surface area contributed by atoms with Gasteiger partial charge >= 0.3 is 11.9 Å². The molecule has 0 fully saturated rings. The van der Waals surface area contributed by atoms with Gasteiger partial charge in [0.1, 0.15) is 13.2 Å². The van der Waals surface area contributed by atoms with Crippen molar-refractivity contribution in [2.75, 3.05) is 40.4 Å². The average molecular weight is 455 g/mol. The summed E-state index contributed by atoms with van der Waals surface area (Å²) in [6.45, 7) is 12.2. The summed E-state index contributed by atoms with van der Waals surface area (Å²) in [5, 5.41) is 0. The van der Waals surface area contributed by atoms with Gasteiger partial charge in [-0.3, -0.25) is 14.4 Å². The SMILES string of the molecule is C=C(C)C(=O)N(C)CCOC(=O)C(CCCC)C(N)(N)C(=O)OCCN(C)C(=O)C(=C)C. The lowest BCUT2D eigenvalue weighted by atomic mass is 9.89. The van der Waals surface area contributed by atoms with E-state index in [1.165, 1.54) is 9.80 Å². The van der Waals surface area contributed by atoms with E-state index in [1.807, 2.05) is 6.92 Å². The smallest absolute Gasteiger partial charge is 0.341 e. The Bertz CT molecular complexity index is 719. The summed E-state index contributed by atoms with van der Waals surface area (Å²) in [6.07, 6.45) is 1.57. The molecule has 0 aliphatic heterocycles. The Kier molecular flexibility index (Phi) is 12.5. The molecule has 0 aliphatic rings. The molecular weight excluding hydrogens is 416 g/mol. The summed E-state index contributed by atoms with van der Waals surface area (Å²) in [4.78, 5) is 51.5. The molecule has 0 aromatic rings. The van der Waals surface area contributed by atoms with Gasteiger partial charge in [0.05, 0.1) is 19.0 Å². The highest BCUT2D eigenvalue weighted by atomic mass is 16.5. The monoisotopic (exact) mass is 454 g/mol. The number of hydrogen-bond donors (Lipinski definition) is 2. The highest BCUT2D eigenvalue weighted by Crippen LogP contribution is 2.20. The van der Waals surface area contributed by atoms with Crippen LogP contribution in [0, 0.1) is 5.92 Å². The van der Waals surface area contributed by atoms with Crippen LogP contribution in [0.15, 0.2) is 24.3 Å². The van der Waals surface area contributed by atoms with Gasteiger partial charge in [0.15, 0.2) is 5.66 Å². The van der Waals surface area contributed by atoms with E-state index in [2.05, 4.69) is 13.2 Å². The van der Waals surface area contributed by atoms with Gasteiger partial charge in [0.25, 0.3) is 0 Å². The van der Waals surface area contributed by atoms with Crippen molar-refractivity contribution in [1.29, 1.82) is 0 Å². The van der Waals surface area contributed by atoms with Crippen LogP contribution in [-0.4, -0.2) is 79.6 Å². The maximum atomic E-state index is 12.7. The van der Waals surface area contributed by atoms with Gasteiger partial charge in [-0.15, -0.1) is 0 Å². The normalized spacial score (nSPS) is 11.8. The van der Waals surface area contributed by atoms with Crippen LogP contribution < -0.4 is 11.5 Å². The molecule has 1 unspecified atom stereocenters. The fraction of sp³-hybridized carbons (Fsp3) is 0.636. The Morgan fingerprint density at radius 2 is 1.34 bits per heavy atom. The van der Waals surface area contributed by atoms with Gasteiger partial charge in [-0.05, 0) is 20.3 Å². The summed E-state index contributed by atoms with van der Waals surface area (Å²) in [6, 6.07) is 0. The van der Waals surface area contributed by atoms with Crippen LogP contribution >= 0.6 is 0 Å². The average Bonchev–Trinajstić information content (AvgIpc) is 2.71. The van der Waals surface area contributed by atoms with Crippen molar-refractivity contribution in [2.24, 2.45) is 17.4 Å². The van der Waals surface area contributed by atoms with E-state index >= 15 is 0 Å². The Balaban J connectivity index is 5.01. The second kappa shape index (κ2) is 13.6. The molecule has 0 spiro atoms. The van der Waals surface area contributed by atoms with E-state index in [9.17, 15) is 19.2 Å². The number of nitrogens with zero attached hydrogens (tertiary/aromatic N) is 2. The predicted octanol–water partition coefficient (Wildman–Crippen LogP) is 0.562. The zero-order valence-electron chi connectivity index (χ0n) is 19.9. The Morgan fingerprint density at radius 3 is 1.75 bits per heavy atom. The first kappa shape index (κ1) is 29.3. The minimum Gasteiger partial charge on any atom is -0.463 e. The molecular formula is C22H38N4O6. The van der Waals surface area contributed by atoms with Crippen molar-refractivity contribution in [2.45, 2.75) is 45.7 Å². The first-order valence-corrected chi connectivity index (χ1v) is 10.5. The van der Waals surface area contributed by atoms with Crippen LogP contribution in [0.5, 0.6) is 0 Å². The summed E-state index contributed by atoms with van der Waals surface area (Å²) in [5.41, 5.74) is 10.6. The molecule has 0 saturated heterocycles. The van der Waals surface area contributed by atoms with E-state index in [4.69, 9.17) is 20.9 Å². The Hall–Kier alpha value is -2.72. The van der Waals surface area contributed by atoms with Gasteiger partial charge in [-0.2, -0.15) is 0 Å². The standard InChI is InChI=1S/C22H38N4O6/c1-8-9-10-17(20(29)31-13-11-25(6)18(27)15(2)3)22(23,24)21(30)32-14-12-26(7)19(28)16(4)5/h17H,2,4,8-14,23-24H2,1,3,5-7H3. The molecule has 32 heavy (non-hydrogen) atoms. The van der Waals surface area contributed by atoms with E-state index < -0.39 is 23.5 Å². The quantitative estimate of drug-likeness (QED) is 0.220. The molecule has 0 rings (SSSR count). The number of amides is 2. The third-order valence-corrected chi connectivity index (χ3v) is 4.82. The molecule has 0 bridgehead atoms. The Morgan fingerprint density at radius 1 is 0.906 bits per heavy atom.